The van der Waals surface area contributed by atoms with Gasteiger partial charge in [0.2, 0.25) is 5.91 Å². The molecule has 4 rings (SSSR count). The zero-order valence-electron chi connectivity index (χ0n) is 16.2. The van der Waals surface area contributed by atoms with Crippen LogP contribution >= 0.6 is 11.6 Å². The molecule has 2 aliphatic heterocycles. The van der Waals surface area contributed by atoms with Gasteiger partial charge in [-0.25, -0.2) is 9.18 Å². The Morgan fingerprint density at radius 3 is 2.72 bits per heavy atom. The van der Waals surface area contributed by atoms with Crippen LogP contribution in [-0.2, 0) is 17.8 Å². The molecule has 0 radical (unpaired) electrons. The van der Waals surface area contributed by atoms with E-state index in [2.05, 4.69) is 11.4 Å². The van der Waals surface area contributed by atoms with Gasteiger partial charge in [0.1, 0.15) is 12.2 Å². The lowest BCUT2D eigenvalue weighted by molar-refractivity contribution is -0.136. The molecule has 0 unspecified atom stereocenters. The number of alkyl halides is 1. The van der Waals surface area contributed by atoms with Crippen LogP contribution in [0.25, 0.3) is 0 Å². The summed E-state index contributed by atoms with van der Waals surface area (Å²) in [4.78, 5) is 29.1. The normalized spacial score (nSPS) is 21.1. The van der Waals surface area contributed by atoms with Gasteiger partial charge in [0, 0.05) is 30.2 Å². The maximum atomic E-state index is 14.2. The van der Waals surface area contributed by atoms with E-state index in [0.717, 1.165) is 17.5 Å². The van der Waals surface area contributed by atoms with Gasteiger partial charge in [-0.1, -0.05) is 41.9 Å². The van der Waals surface area contributed by atoms with Crippen molar-refractivity contribution in [2.75, 3.05) is 18.4 Å². The Labute approximate surface area is 174 Å². The molecule has 5 nitrogen and oxygen atoms in total. The number of aryl methyl sites for hydroxylation is 1. The molecule has 1 fully saturated rings. The van der Waals surface area contributed by atoms with E-state index in [4.69, 9.17) is 11.6 Å². The minimum Gasteiger partial charge on any atom is -0.336 e. The van der Waals surface area contributed by atoms with Gasteiger partial charge in [-0.15, -0.1) is 0 Å². The second kappa shape index (κ2) is 8.03. The van der Waals surface area contributed by atoms with Gasteiger partial charge in [0.05, 0.1) is 6.54 Å². The van der Waals surface area contributed by atoms with Crippen molar-refractivity contribution < 1.29 is 14.0 Å². The van der Waals surface area contributed by atoms with Crippen LogP contribution in [-0.4, -0.2) is 47.0 Å². The number of carbonyl (C=O) groups is 2. The van der Waals surface area contributed by atoms with E-state index in [-0.39, 0.29) is 18.9 Å². The predicted octanol–water partition coefficient (Wildman–Crippen LogP) is 4.18. The molecule has 0 saturated carbocycles. The minimum atomic E-state index is -1.22. The van der Waals surface area contributed by atoms with Gasteiger partial charge in [0.25, 0.3) is 0 Å². The number of benzene rings is 2. The summed E-state index contributed by atoms with van der Waals surface area (Å²) in [5, 5.41) is 3.28. The second-order valence-electron chi connectivity index (χ2n) is 7.67. The molecule has 2 heterocycles. The van der Waals surface area contributed by atoms with E-state index in [9.17, 15) is 14.0 Å². The smallest absolute Gasteiger partial charge is 0.322 e. The van der Waals surface area contributed by atoms with E-state index < -0.39 is 18.2 Å². The van der Waals surface area contributed by atoms with Gasteiger partial charge in [-0.2, -0.15) is 0 Å². The van der Waals surface area contributed by atoms with Gasteiger partial charge in [0.15, 0.2) is 0 Å². The van der Waals surface area contributed by atoms with Crippen LogP contribution in [0.3, 0.4) is 0 Å². The molecule has 7 heteroatoms. The number of rotatable bonds is 2. The molecule has 2 aromatic rings. The first-order valence-corrected chi connectivity index (χ1v) is 10.1. The van der Waals surface area contributed by atoms with Crippen LogP contribution in [0.1, 0.15) is 23.1 Å². The first kappa shape index (κ1) is 19.7. The van der Waals surface area contributed by atoms with Crippen LogP contribution in [0.2, 0.25) is 5.02 Å². The van der Waals surface area contributed by atoms with E-state index in [0.29, 0.717) is 23.8 Å². The highest BCUT2D eigenvalue weighted by molar-refractivity contribution is 6.31. The Morgan fingerprint density at radius 1 is 1.17 bits per heavy atom. The molecular weight excluding hydrogens is 393 g/mol. The number of urea groups is 1. The Balaban J connectivity index is 1.50. The quantitative estimate of drug-likeness (QED) is 0.800. The molecular formula is C22H23ClFN3O2. The largest absolute Gasteiger partial charge is 0.336 e. The van der Waals surface area contributed by atoms with Crippen LogP contribution in [0, 0.1) is 6.92 Å². The average molecular weight is 416 g/mol. The third kappa shape index (κ3) is 4.08. The van der Waals surface area contributed by atoms with Gasteiger partial charge in [-0.3, -0.25) is 4.79 Å². The number of nitrogens with zero attached hydrogens (tertiary/aromatic N) is 2. The first-order valence-electron chi connectivity index (χ1n) is 9.76. The summed E-state index contributed by atoms with van der Waals surface area (Å²) < 4.78 is 14.2. The van der Waals surface area contributed by atoms with Crippen molar-refractivity contribution >= 4 is 29.2 Å². The first-order chi connectivity index (χ1) is 13.9. The number of likely N-dealkylation sites (tertiary alicyclic amines) is 1. The Morgan fingerprint density at radius 2 is 1.93 bits per heavy atom. The summed E-state index contributed by atoms with van der Waals surface area (Å²) in [6.07, 6.45) is -0.423. The molecule has 1 saturated heterocycles. The molecule has 2 atom stereocenters. The third-order valence-corrected chi connectivity index (χ3v) is 5.91. The highest BCUT2D eigenvalue weighted by Crippen LogP contribution is 2.27. The number of amides is 3. The maximum absolute atomic E-state index is 14.2. The summed E-state index contributed by atoms with van der Waals surface area (Å²) in [5.41, 5.74) is 3.74. The fourth-order valence-electron chi connectivity index (χ4n) is 4.05. The molecule has 0 bridgehead atoms. The molecule has 0 aliphatic carbocycles. The summed E-state index contributed by atoms with van der Waals surface area (Å²) in [6, 6.07) is 11.9. The summed E-state index contributed by atoms with van der Waals surface area (Å²) in [6.45, 7) is 2.82. The van der Waals surface area contributed by atoms with Crippen molar-refractivity contribution in [1.29, 1.82) is 0 Å². The number of nitrogens with one attached hydrogen (secondary N) is 1. The fourth-order valence-corrected chi connectivity index (χ4v) is 4.23. The van der Waals surface area contributed by atoms with Crippen molar-refractivity contribution in [2.45, 2.75) is 38.5 Å². The molecule has 0 aromatic heterocycles. The monoisotopic (exact) mass is 415 g/mol. The summed E-state index contributed by atoms with van der Waals surface area (Å²) in [7, 11) is 0. The van der Waals surface area contributed by atoms with Crippen LogP contribution in [0.5, 0.6) is 0 Å². The Hall–Kier alpha value is -2.60. The van der Waals surface area contributed by atoms with Gasteiger partial charge >= 0.3 is 6.03 Å². The third-order valence-electron chi connectivity index (χ3n) is 5.68. The topological polar surface area (TPSA) is 52.7 Å². The summed E-state index contributed by atoms with van der Waals surface area (Å²) in [5.74, 6) is -0.197. The van der Waals surface area contributed by atoms with Crippen molar-refractivity contribution in [3.63, 3.8) is 0 Å². The Bertz CT molecular complexity index is 951. The molecule has 2 aromatic carbocycles. The predicted molar refractivity (Wildman–Crippen MR) is 111 cm³/mol. The molecule has 2 aliphatic rings. The van der Waals surface area contributed by atoms with E-state index in [1.165, 1.54) is 10.5 Å². The highest BCUT2D eigenvalue weighted by Gasteiger charge is 2.42. The lowest BCUT2D eigenvalue weighted by atomic mass is 9.99. The maximum Gasteiger partial charge on any atom is 0.322 e. The van der Waals surface area contributed by atoms with Crippen molar-refractivity contribution in [2.24, 2.45) is 0 Å². The number of halogens is 2. The standard InChI is InChI=1S/C22H23ClFN3O2/c1-14-6-7-17(23)10-19(14)25-22(29)27-13-18(24)11-20(27)21(28)26-9-8-15-4-2-3-5-16(15)12-26/h2-7,10,18,20H,8-9,11-13H2,1H3,(H,25,29)/t18-,20-/m0/s1. The SMILES string of the molecule is Cc1ccc(Cl)cc1NC(=O)N1C[C@@H](F)C[C@H]1C(=O)N1CCc2ccccc2C1. The van der Waals surface area contributed by atoms with Crippen LogP contribution in [0.15, 0.2) is 42.5 Å². The zero-order valence-corrected chi connectivity index (χ0v) is 17.0. The van der Waals surface area contributed by atoms with Crippen LogP contribution < -0.4 is 5.32 Å². The number of fused-ring (bicyclic) bond motifs is 1. The molecule has 3 amide bonds. The number of carbonyl (C=O) groups excluding carboxylic acids is 2. The minimum absolute atomic E-state index is 0.0267. The summed E-state index contributed by atoms with van der Waals surface area (Å²) >= 11 is 6.02. The number of anilines is 1. The molecule has 29 heavy (non-hydrogen) atoms. The van der Waals surface area contributed by atoms with Crippen molar-refractivity contribution in [3.05, 3.63) is 64.2 Å². The van der Waals surface area contributed by atoms with Crippen molar-refractivity contribution in [1.82, 2.24) is 9.80 Å². The number of hydrogen-bond donors (Lipinski definition) is 1. The lowest BCUT2D eigenvalue weighted by Gasteiger charge is -2.33. The Kier molecular flexibility index (Phi) is 5.46. The number of hydrogen-bond acceptors (Lipinski definition) is 2. The van der Waals surface area contributed by atoms with E-state index in [1.807, 2.05) is 25.1 Å². The molecule has 1 N–H and O–H groups in total. The highest BCUT2D eigenvalue weighted by atomic mass is 35.5. The lowest BCUT2D eigenvalue weighted by Crippen LogP contribution is -2.50. The van der Waals surface area contributed by atoms with Crippen molar-refractivity contribution in [3.8, 4) is 0 Å². The molecule has 152 valence electrons. The van der Waals surface area contributed by atoms with Gasteiger partial charge < -0.3 is 15.1 Å². The van der Waals surface area contributed by atoms with E-state index >= 15 is 0 Å². The second-order valence-corrected chi connectivity index (χ2v) is 8.11. The average Bonchev–Trinajstić information content (AvgIpc) is 3.11. The van der Waals surface area contributed by atoms with Crippen LogP contribution in [0.4, 0.5) is 14.9 Å². The fraction of sp³-hybridized carbons (Fsp3) is 0.364. The van der Waals surface area contributed by atoms with Gasteiger partial charge in [-0.05, 0) is 42.2 Å². The molecule has 0 spiro atoms. The van der Waals surface area contributed by atoms with E-state index in [1.54, 1.807) is 23.1 Å². The zero-order chi connectivity index (χ0) is 20.5.